The molecule has 2 aromatic carbocycles. The van der Waals surface area contributed by atoms with Crippen molar-refractivity contribution < 1.29 is 22.8 Å². The minimum atomic E-state index is -4.65. The van der Waals surface area contributed by atoms with Gasteiger partial charge in [0.15, 0.2) is 5.78 Å². The Labute approximate surface area is 205 Å². The second kappa shape index (κ2) is 10.0. The summed E-state index contributed by atoms with van der Waals surface area (Å²) in [6.45, 7) is 1.90. The normalized spacial score (nSPS) is 18.0. The molecule has 1 aliphatic carbocycles. The average molecular weight is 498 g/mol. The summed E-state index contributed by atoms with van der Waals surface area (Å²) in [5.41, 5.74) is 1.31. The van der Waals surface area contributed by atoms with Crippen LogP contribution in [-0.2, 0) is 15.8 Å². The van der Waals surface area contributed by atoms with E-state index in [2.05, 4.69) is 10.6 Å². The number of halogens is 3. The number of ketones is 1. The van der Waals surface area contributed by atoms with Crippen molar-refractivity contribution in [3.8, 4) is 6.07 Å². The first-order valence-electron chi connectivity index (χ1n) is 11.0. The summed E-state index contributed by atoms with van der Waals surface area (Å²) in [5.74, 6) is -1.80. The lowest BCUT2D eigenvalue weighted by molar-refractivity contribution is -0.138. The van der Waals surface area contributed by atoms with Crippen LogP contribution in [0, 0.1) is 18.3 Å². The molecule has 1 aliphatic heterocycles. The van der Waals surface area contributed by atoms with Gasteiger partial charge >= 0.3 is 6.18 Å². The van der Waals surface area contributed by atoms with E-state index in [-0.39, 0.29) is 40.6 Å². The van der Waals surface area contributed by atoms with E-state index < -0.39 is 17.7 Å². The molecular formula is C26H22F3N3O2S. The van der Waals surface area contributed by atoms with Crippen LogP contribution < -0.4 is 10.6 Å². The predicted octanol–water partition coefficient (Wildman–Crippen LogP) is 5.81. The fourth-order valence-corrected chi connectivity index (χ4v) is 5.27. The number of anilines is 1. The van der Waals surface area contributed by atoms with Crippen molar-refractivity contribution in [2.24, 2.45) is 0 Å². The summed E-state index contributed by atoms with van der Waals surface area (Å²) in [6.07, 6.45) is -3.40. The van der Waals surface area contributed by atoms with Crippen molar-refractivity contribution in [2.45, 2.75) is 38.3 Å². The number of nitrogens with one attached hydrogen (secondary N) is 2. The third-order valence-corrected chi connectivity index (χ3v) is 6.91. The van der Waals surface area contributed by atoms with E-state index in [9.17, 15) is 28.0 Å². The fraction of sp³-hybridized carbons (Fsp3) is 0.269. The number of hydrogen-bond acceptors (Lipinski definition) is 5. The third-order valence-electron chi connectivity index (χ3n) is 5.89. The van der Waals surface area contributed by atoms with Crippen LogP contribution in [0.15, 0.2) is 70.4 Å². The number of nitriles is 1. The van der Waals surface area contributed by atoms with Crippen LogP contribution in [0.3, 0.4) is 0 Å². The summed E-state index contributed by atoms with van der Waals surface area (Å²) in [6, 6.07) is 14.3. The molecule has 5 nitrogen and oxygen atoms in total. The lowest BCUT2D eigenvalue weighted by atomic mass is 9.75. The fourth-order valence-electron chi connectivity index (χ4n) is 4.41. The van der Waals surface area contributed by atoms with Crippen LogP contribution in [-0.4, -0.2) is 17.4 Å². The first kappa shape index (κ1) is 24.6. The maximum atomic E-state index is 13.9. The Balaban J connectivity index is 1.70. The molecule has 1 amide bonds. The van der Waals surface area contributed by atoms with Gasteiger partial charge in [-0.05, 0) is 49.1 Å². The molecule has 0 aromatic heterocycles. The van der Waals surface area contributed by atoms with Gasteiger partial charge in [0.2, 0.25) is 5.91 Å². The molecule has 0 spiro atoms. The zero-order chi connectivity index (χ0) is 25.2. The van der Waals surface area contributed by atoms with Gasteiger partial charge in [-0.25, -0.2) is 0 Å². The minimum Gasteiger partial charge on any atom is -0.352 e. The van der Waals surface area contributed by atoms with E-state index in [0.717, 1.165) is 23.4 Å². The monoisotopic (exact) mass is 497 g/mol. The van der Waals surface area contributed by atoms with Crippen LogP contribution >= 0.6 is 11.8 Å². The molecule has 0 unspecified atom stereocenters. The maximum Gasteiger partial charge on any atom is 0.416 e. The van der Waals surface area contributed by atoms with Crippen molar-refractivity contribution in [1.29, 1.82) is 5.26 Å². The number of aryl methyl sites for hydroxylation is 1. The van der Waals surface area contributed by atoms with Crippen LogP contribution in [0.1, 0.15) is 41.9 Å². The Bertz CT molecular complexity index is 1290. The summed E-state index contributed by atoms with van der Waals surface area (Å²) >= 11 is 1.04. The van der Waals surface area contributed by atoms with Crippen LogP contribution in [0.5, 0.6) is 0 Å². The standard InChI is InChI=1S/C26H22F3N3O2S/c1-15-6-4-7-16(12-15)31-22(34)14-35-25-18(13-30)23(24-20(32-25)10-5-11-21(24)33)17-8-2-3-9-19(17)26(27,28)29/h2-4,6-9,12,23,32H,5,10-11,14H2,1H3,(H,31,34)/t23-/m1/s1. The molecule has 0 saturated heterocycles. The Hall–Kier alpha value is -3.51. The van der Waals surface area contributed by atoms with Gasteiger partial charge in [0.05, 0.1) is 33.9 Å². The molecule has 1 heterocycles. The summed E-state index contributed by atoms with van der Waals surface area (Å²) in [4.78, 5) is 25.4. The van der Waals surface area contributed by atoms with E-state index in [0.29, 0.717) is 29.3 Å². The average Bonchev–Trinajstić information content (AvgIpc) is 2.81. The quantitative estimate of drug-likeness (QED) is 0.545. The lowest BCUT2D eigenvalue weighted by Crippen LogP contribution is -2.32. The van der Waals surface area contributed by atoms with E-state index in [4.69, 9.17) is 0 Å². The first-order valence-corrected chi connectivity index (χ1v) is 12.0. The number of dihydropyridines is 1. The lowest BCUT2D eigenvalue weighted by Gasteiger charge is -2.34. The number of allylic oxidation sites excluding steroid dienone is 3. The van der Waals surface area contributed by atoms with Crippen molar-refractivity contribution in [3.05, 3.63) is 87.1 Å². The van der Waals surface area contributed by atoms with Gasteiger partial charge < -0.3 is 10.6 Å². The highest BCUT2D eigenvalue weighted by molar-refractivity contribution is 8.03. The van der Waals surface area contributed by atoms with E-state index in [1.54, 1.807) is 6.07 Å². The number of nitrogens with zero attached hydrogens (tertiary/aromatic N) is 1. The summed E-state index contributed by atoms with van der Waals surface area (Å²) < 4.78 is 41.6. The number of alkyl halides is 3. The number of carbonyl (C=O) groups excluding carboxylic acids is 2. The Kier molecular flexibility index (Phi) is 7.03. The molecular weight excluding hydrogens is 475 g/mol. The number of rotatable bonds is 5. The summed E-state index contributed by atoms with van der Waals surface area (Å²) in [7, 11) is 0. The molecule has 0 bridgehead atoms. The van der Waals surface area contributed by atoms with Gasteiger partial charge in [-0.15, -0.1) is 0 Å². The molecule has 0 saturated carbocycles. The van der Waals surface area contributed by atoms with E-state index in [1.807, 2.05) is 31.2 Å². The van der Waals surface area contributed by atoms with E-state index in [1.165, 1.54) is 18.2 Å². The SMILES string of the molecule is Cc1cccc(NC(=O)CSC2=C(C#N)[C@@H](c3ccccc3C(F)(F)F)C3=C(CCCC3=O)N2)c1. The predicted molar refractivity (Wildman–Crippen MR) is 128 cm³/mol. The van der Waals surface area contributed by atoms with Gasteiger partial charge in [-0.3, -0.25) is 9.59 Å². The molecule has 0 radical (unpaired) electrons. The molecule has 2 N–H and O–H groups in total. The van der Waals surface area contributed by atoms with Gasteiger partial charge in [0.25, 0.3) is 0 Å². The number of Topliss-reactive ketones (excluding diaryl/α,β-unsaturated/α-hetero) is 1. The van der Waals surface area contributed by atoms with Gasteiger partial charge in [-0.1, -0.05) is 42.1 Å². The molecule has 35 heavy (non-hydrogen) atoms. The zero-order valence-electron chi connectivity index (χ0n) is 18.8. The van der Waals surface area contributed by atoms with Gasteiger partial charge in [0, 0.05) is 23.4 Å². The number of carbonyl (C=O) groups is 2. The molecule has 4 rings (SSSR count). The smallest absolute Gasteiger partial charge is 0.352 e. The molecule has 9 heteroatoms. The number of thioether (sulfide) groups is 1. The third kappa shape index (κ3) is 5.28. The van der Waals surface area contributed by atoms with Gasteiger partial charge in [-0.2, -0.15) is 18.4 Å². The van der Waals surface area contributed by atoms with Crippen LogP contribution in [0.2, 0.25) is 0 Å². The largest absolute Gasteiger partial charge is 0.416 e. The second-order valence-corrected chi connectivity index (χ2v) is 9.36. The van der Waals surface area contributed by atoms with Crippen LogP contribution in [0.25, 0.3) is 0 Å². The summed E-state index contributed by atoms with van der Waals surface area (Å²) in [5, 5.41) is 16.2. The highest BCUT2D eigenvalue weighted by Gasteiger charge is 2.42. The van der Waals surface area contributed by atoms with Crippen molar-refractivity contribution in [1.82, 2.24) is 5.32 Å². The molecule has 2 aliphatic rings. The van der Waals surface area contributed by atoms with Crippen molar-refractivity contribution in [2.75, 3.05) is 11.1 Å². The number of benzene rings is 2. The maximum absolute atomic E-state index is 13.9. The highest BCUT2D eigenvalue weighted by Crippen LogP contribution is 2.47. The Morgan fingerprint density at radius 1 is 1.20 bits per heavy atom. The molecule has 1 atom stereocenters. The Morgan fingerprint density at radius 3 is 2.69 bits per heavy atom. The molecule has 180 valence electrons. The van der Waals surface area contributed by atoms with Crippen molar-refractivity contribution in [3.63, 3.8) is 0 Å². The molecule has 0 fully saturated rings. The highest BCUT2D eigenvalue weighted by atomic mass is 32.2. The first-order chi connectivity index (χ1) is 16.7. The van der Waals surface area contributed by atoms with Crippen LogP contribution in [0.4, 0.5) is 18.9 Å². The van der Waals surface area contributed by atoms with Crippen molar-refractivity contribution >= 4 is 29.1 Å². The Morgan fingerprint density at radius 2 is 1.97 bits per heavy atom. The van der Waals surface area contributed by atoms with E-state index >= 15 is 0 Å². The topological polar surface area (TPSA) is 82.0 Å². The zero-order valence-corrected chi connectivity index (χ0v) is 19.6. The second-order valence-electron chi connectivity index (χ2n) is 8.37. The molecule has 2 aromatic rings. The van der Waals surface area contributed by atoms with Gasteiger partial charge in [0.1, 0.15) is 0 Å². The minimum absolute atomic E-state index is 0.00376. The number of amides is 1. The number of hydrogen-bond donors (Lipinski definition) is 2.